The van der Waals surface area contributed by atoms with Crippen LogP contribution in [0.5, 0.6) is 0 Å². The van der Waals surface area contributed by atoms with Gasteiger partial charge in [-0.1, -0.05) is 12.5 Å². The molecule has 0 aliphatic rings. The molecule has 0 aliphatic heterocycles. The minimum atomic E-state index is -2.27. The predicted molar refractivity (Wildman–Crippen MR) is 52.1 cm³/mol. The summed E-state index contributed by atoms with van der Waals surface area (Å²) in [6.07, 6.45) is -0.236. The molecule has 0 bridgehead atoms. The average Bonchev–Trinajstić information content (AvgIpc) is 2.03. The molecule has 0 rings (SSSR count). The van der Waals surface area contributed by atoms with Crippen LogP contribution in [0.3, 0.4) is 0 Å². The van der Waals surface area contributed by atoms with Crippen molar-refractivity contribution in [3.05, 3.63) is 12.2 Å². The van der Waals surface area contributed by atoms with Crippen molar-refractivity contribution in [2.24, 2.45) is 0 Å². The summed E-state index contributed by atoms with van der Waals surface area (Å²) in [7, 11) is 0. The summed E-state index contributed by atoms with van der Waals surface area (Å²) in [5.74, 6) is 0. The molecule has 0 spiro atoms. The molecule has 0 aliphatic carbocycles. The Morgan fingerprint density at radius 1 is 1.46 bits per heavy atom. The monoisotopic (exact) mass is 191 g/mol. The number of hydrogen-bond donors (Lipinski definition) is 1. The lowest BCUT2D eigenvalue weighted by Gasteiger charge is -2.17. The number of allylic oxidation sites excluding steroid dienone is 1. The van der Waals surface area contributed by atoms with E-state index in [1.165, 1.54) is 0 Å². The molecular formula is C10H19F2N. The van der Waals surface area contributed by atoms with Crippen LogP contribution in [0.25, 0.3) is 0 Å². The Labute approximate surface area is 79.2 Å². The fourth-order valence-electron chi connectivity index (χ4n) is 1.05. The van der Waals surface area contributed by atoms with Crippen LogP contribution in [-0.4, -0.2) is 19.0 Å². The third kappa shape index (κ3) is 6.70. The normalized spacial score (nSPS) is 13.3. The molecule has 1 atom stereocenters. The second kappa shape index (κ2) is 7.01. The van der Waals surface area contributed by atoms with E-state index in [9.17, 15) is 8.78 Å². The lowest BCUT2D eigenvalue weighted by molar-refractivity contribution is 0.0943. The van der Waals surface area contributed by atoms with Gasteiger partial charge in [-0.05, 0) is 32.7 Å². The maximum atomic E-state index is 12.4. The molecule has 3 heteroatoms. The highest BCUT2D eigenvalue weighted by Crippen LogP contribution is 2.11. The van der Waals surface area contributed by atoms with Crippen molar-refractivity contribution in [1.82, 2.24) is 5.32 Å². The first-order valence-electron chi connectivity index (χ1n) is 4.73. The van der Waals surface area contributed by atoms with E-state index in [0.29, 0.717) is 19.4 Å². The van der Waals surface area contributed by atoms with Crippen molar-refractivity contribution in [2.45, 2.75) is 45.6 Å². The molecular weight excluding hydrogens is 172 g/mol. The molecule has 0 saturated heterocycles. The maximum absolute atomic E-state index is 12.4. The smallest absolute Gasteiger partial charge is 0.253 e. The molecule has 13 heavy (non-hydrogen) atoms. The molecule has 0 aromatic carbocycles. The summed E-state index contributed by atoms with van der Waals surface area (Å²) in [5, 5.41) is 2.83. The standard InChI is InChI=1S/C10H19F2N/c1-4-7-13-9(10(11)12)6-5-8(2)3/h9-10,13H,2,4-7H2,1,3H3. The van der Waals surface area contributed by atoms with Crippen LogP contribution in [0.2, 0.25) is 0 Å². The van der Waals surface area contributed by atoms with E-state index in [1.807, 2.05) is 13.8 Å². The molecule has 1 nitrogen and oxygen atoms in total. The zero-order valence-corrected chi connectivity index (χ0v) is 8.45. The van der Waals surface area contributed by atoms with Gasteiger partial charge in [-0.3, -0.25) is 0 Å². The van der Waals surface area contributed by atoms with Crippen LogP contribution in [0, 0.1) is 0 Å². The molecule has 78 valence electrons. The topological polar surface area (TPSA) is 12.0 Å². The third-order valence-electron chi connectivity index (χ3n) is 1.84. The van der Waals surface area contributed by atoms with Gasteiger partial charge >= 0.3 is 0 Å². The first-order valence-corrected chi connectivity index (χ1v) is 4.73. The highest BCUT2D eigenvalue weighted by Gasteiger charge is 2.18. The third-order valence-corrected chi connectivity index (χ3v) is 1.84. The van der Waals surface area contributed by atoms with Gasteiger partial charge in [0.25, 0.3) is 6.43 Å². The van der Waals surface area contributed by atoms with Gasteiger partial charge in [0.1, 0.15) is 0 Å². The Balaban J connectivity index is 3.73. The molecule has 0 amide bonds. The van der Waals surface area contributed by atoms with Gasteiger partial charge in [-0.15, -0.1) is 6.58 Å². The van der Waals surface area contributed by atoms with E-state index < -0.39 is 12.5 Å². The van der Waals surface area contributed by atoms with Gasteiger partial charge in [0.2, 0.25) is 0 Å². The van der Waals surface area contributed by atoms with Gasteiger partial charge < -0.3 is 5.32 Å². The highest BCUT2D eigenvalue weighted by molar-refractivity contribution is 4.89. The average molecular weight is 191 g/mol. The summed E-state index contributed by atoms with van der Waals surface area (Å²) in [6.45, 7) is 8.18. The lowest BCUT2D eigenvalue weighted by Crippen LogP contribution is -2.36. The van der Waals surface area contributed by atoms with E-state index in [4.69, 9.17) is 0 Å². The van der Waals surface area contributed by atoms with Crippen molar-refractivity contribution < 1.29 is 8.78 Å². The van der Waals surface area contributed by atoms with Gasteiger partial charge in [-0.25, -0.2) is 8.78 Å². The Morgan fingerprint density at radius 3 is 2.46 bits per heavy atom. The van der Waals surface area contributed by atoms with Gasteiger partial charge in [-0.2, -0.15) is 0 Å². The zero-order valence-electron chi connectivity index (χ0n) is 8.45. The number of alkyl halides is 2. The number of rotatable bonds is 7. The SMILES string of the molecule is C=C(C)CCC(NCCC)C(F)F. The molecule has 1 unspecified atom stereocenters. The van der Waals surface area contributed by atoms with Crippen molar-refractivity contribution in [1.29, 1.82) is 0 Å². The van der Waals surface area contributed by atoms with Crippen LogP contribution < -0.4 is 5.32 Å². The van der Waals surface area contributed by atoms with Crippen molar-refractivity contribution >= 4 is 0 Å². The molecule has 0 fully saturated rings. The Bertz CT molecular complexity index is 146. The minimum absolute atomic E-state index is 0.479. The van der Waals surface area contributed by atoms with E-state index in [0.717, 1.165) is 12.0 Å². The Kier molecular flexibility index (Phi) is 6.77. The van der Waals surface area contributed by atoms with Crippen LogP contribution in [0.4, 0.5) is 8.78 Å². The number of nitrogens with one attached hydrogen (secondary N) is 1. The zero-order chi connectivity index (χ0) is 10.3. The molecule has 0 aromatic heterocycles. The largest absolute Gasteiger partial charge is 0.309 e. The first kappa shape index (κ1) is 12.6. The Hall–Kier alpha value is -0.440. The molecule has 0 aromatic rings. The van der Waals surface area contributed by atoms with Crippen LogP contribution in [0.15, 0.2) is 12.2 Å². The summed E-state index contributed by atoms with van der Waals surface area (Å²) in [5.41, 5.74) is 0.962. The molecule has 0 heterocycles. The highest BCUT2D eigenvalue weighted by atomic mass is 19.3. The van der Waals surface area contributed by atoms with E-state index in [2.05, 4.69) is 11.9 Å². The van der Waals surface area contributed by atoms with E-state index in [-0.39, 0.29) is 0 Å². The molecule has 0 saturated carbocycles. The Morgan fingerprint density at radius 2 is 2.08 bits per heavy atom. The predicted octanol–water partition coefficient (Wildman–Crippen LogP) is 2.98. The van der Waals surface area contributed by atoms with Gasteiger partial charge in [0, 0.05) is 0 Å². The van der Waals surface area contributed by atoms with E-state index in [1.54, 1.807) is 0 Å². The van der Waals surface area contributed by atoms with Crippen molar-refractivity contribution in [3.8, 4) is 0 Å². The number of halogens is 2. The lowest BCUT2D eigenvalue weighted by atomic mass is 10.1. The summed E-state index contributed by atoms with van der Waals surface area (Å²) >= 11 is 0. The summed E-state index contributed by atoms with van der Waals surface area (Å²) in [6, 6.07) is -0.670. The fraction of sp³-hybridized carbons (Fsp3) is 0.800. The first-order chi connectivity index (χ1) is 6.07. The summed E-state index contributed by atoms with van der Waals surface area (Å²) < 4.78 is 24.8. The maximum Gasteiger partial charge on any atom is 0.253 e. The number of hydrogen-bond acceptors (Lipinski definition) is 1. The van der Waals surface area contributed by atoms with Gasteiger partial charge in [0.05, 0.1) is 6.04 Å². The van der Waals surface area contributed by atoms with Crippen molar-refractivity contribution in [2.75, 3.05) is 6.54 Å². The minimum Gasteiger partial charge on any atom is -0.309 e. The van der Waals surface area contributed by atoms with Crippen LogP contribution in [0.1, 0.15) is 33.1 Å². The molecule has 0 radical (unpaired) electrons. The second-order valence-corrected chi connectivity index (χ2v) is 3.39. The quantitative estimate of drug-likeness (QED) is 0.610. The van der Waals surface area contributed by atoms with Crippen molar-refractivity contribution in [3.63, 3.8) is 0 Å². The van der Waals surface area contributed by atoms with Crippen LogP contribution >= 0.6 is 0 Å². The van der Waals surface area contributed by atoms with Gasteiger partial charge in [0.15, 0.2) is 0 Å². The second-order valence-electron chi connectivity index (χ2n) is 3.39. The summed E-state index contributed by atoms with van der Waals surface area (Å²) in [4.78, 5) is 0. The molecule has 1 N–H and O–H groups in total. The van der Waals surface area contributed by atoms with E-state index >= 15 is 0 Å². The van der Waals surface area contributed by atoms with Crippen LogP contribution in [-0.2, 0) is 0 Å². The fourth-order valence-corrected chi connectivity index (χ4v) is 1.05.